The molecule has 0 atom stereocenters. The van der Waals surface area contributed by atoms with E-state index in [1.165, 1.54) is 6.07 Å². The van der Waals surface area contributed by atoms with E-state index in [0.717, 1.165) is 6.07 Å². The van der Waals surface area contributed by atoms with E-state index in [2.05, 4.69) is 0 Å². The van der Waals surface area contributed by atoms with Crippen molar-refractivity contribution >= 4 is 15.8 Å². The molecule has 94 valence electrons. The van der Waals surface area contributed by atoms with Gasteiger partial charge >= 0.3 is 5.97 Å². The van der Waals surface area contributed by atoms with Gasteiger partial charge in [-0.2, -0.15) is 0 Å². The number of carbonyl (C=O) groups is 1. The Morgan fingerprint density at radius 1 is 1.24 bits per heavy atom. The molecule has 17 heavy (non-hydrogen) atoms. The highest BCUT2D eigenvalue weighted by Crippen LogP contribution is 2.21. The van der Waals surface area contributed by atoms with E-state index >= 15 is 0 Å². The van der Waals surface area contributed by atoms with Crippen LogP contribution in [0.25, 0.3) is 0 Å². The van der Waals surface area contributed by atoms with Crippen molar-refractivity contribution in [2.24, 2.45) is 0 Å². The maximum Gasteiger partial charge on any atom is 0.335 e. The molecule has 0 aliphatic carbocycles. The van der Waals surface area contributed by atoms with Crippen LogP contribution in [-0.4, -0.2) is 37.0 Å². The lowest BCUT2D eigenvalue weighted by atomic mass is 10.1. The van der Waals surface area contributed by atoms with Gasteiger partial charge in [-0.1, -0.05) is 6.07 Å². The second kappa shape index (κ2) is 4.85. The molecule has 0 unspecified atom stereocenters. The number of aliphatic hydroxyl groups excluding tert-OH is 1. The Morgan fingerprint density at radius 3 is 2.29 bits per heavy atom. The van der Waals surface area contributed by atoms with Crippen molar-refractivity contribution in [1.82, 2.24) is 0 Å². The standard InChI is InChI=1S/C11H14O5S/c1-7-5-8(2)10(6-9(7)11(13)14)17(15,16)4-3-12/h5-6,12H,3-4H2,1-2H3,(H,13,14). The van der Waals surface area contributed by atoms with Gasteiger partial charge in [0.2, 0.25) is 0 Å². The maximum atomic E-state index is 11.8. The third-order valence-electron chi connectivity index (χ3n) is 2.45. The molecule has 0 heterocycles. The Hall–Kier alpha value is -1.40. The highest BCUT2D eigenvalue weighted by Gasteiger charge is 2.20. The zero-order chi connectivity index (χ0) is 13.2. The van der Waals surface area contributed by atoms with Crippen molar-refractivity contribution in [3.63, 3.8) is 0 Å². The van der Waals surface area contributed by atoms with Crippen LogP contribution in [0.1, 0.15) is 21.5 Å². The van der Waals surface area contributed by atoms with Crippen LogP contribution in [0, 0.1) is 13.8 Å². The first-order chi connectivity index (χ1) is 7.79. The Balaban J connectivity index is 3.45. The van der Waals surface area contributed by atoms with Crippen LogP contribution >= 0.6 is 0 Å². The first-order valence-corrected chi connectivity index (χ1v) is 6.63. The molecule has 1 aromatic rings. The van der Waals surface area contributed by atoms with Gasteiger partial charge in [-0.15, -0.1) is 0 Å². The fourth-order valence-corrected chi connectivity index (χ4v) is 2.94. The van der Waals surface area contributed by atoms with E-state index in [-0.39, 0.29) is 10.5 Å². The number of aromatic carboxylic acids is 1. The fourth-order valence-electron chi connectivity index (χ4n) is 1.63. The van der Waals surface area contributed by atoms with Gasteiger partial charge in [-0.05, 0) is 31.0 Å². The van der Waals surface area contributed by atoms with Crippen molar-refractivity contribution in [2.75, 3.05) is 12.4 Å². The Kier molecular flexibility index (Phi) is 3.90. The minimum Gasteiger partial charge on any atom is -0.478 e. The molecule has 0 saturated heterocycles. The van der Waals surface area contributed by atoms with Gasteiger partial charge in [0.25, 0.3) is 0 Å². The van der Waals surface area contributed by atoms with Gasteiger partial charge in [0, 0.05) is 0 Å². The monoisotopic (exact) mass is 258 g/mol. The molecule has 0 fully saturated rings. The van der Waals surface area contributed by atoms with E-state index in [1.807, 2.05) is 0 Å². The van der Waals surface area contributed by atoms with Crippen LogP contribution < -0.4 is 0 Å². The van der Waals surface area contributed by atoms with Crippen molar-refractivity contribution < 1.29 is 23.4 Å². The average molecular weight is 258 g/mol. The molecule has 0 bridgehead atoms. The Bertz CT molecular complexity index is 545. The van der Waals surface area contributed by atoms with E-state index in [1.54, 1.807) is 13.8 Å². The van der Waals surface area contributed by atoms with Crippen LogP contribution in [0.3, 0.4) is 0 Å². The van der Waals surface area contributed by atoms with Crippen molar-refractivity contribution in [2.45, 2.75) is 18.7 Å². The number of aliphatic hydroxyl groups is 1. The number of hydrogen-bond acceptors (Lipinski definition) is 4. The van der Waals surface area contributed by atoms with Gasteiger partial charge in [-0.25, -0.2) is 13.2 Å². The van der Waals surface area contributed by atoms with Crippen LogP contribution in [0.5, 0.6) is 0 Å². The fraction of sp³-hybridized carbons (Fsp3) is 0.364. The molecule has 5 nitrogen and oxygen atoms in total. The van der Waals surface area contributed by atoms with Crippen LogP contribution in [0.15, 0.2) is 17.0 Å². The number of sulfone groups is 1. The zero-order valence-corrected chi connectivity index (χ0v) is 10.4. The zero-order valence-electron chi connectivity index (χ0n) is 9.60. The molecule has 0 spiro atoms. The first kappa shape index (κ1) is 13.7. The van der Waals surface area contributed by atoms with Crippen LogP contribution in [0.4, 0.5) is 0 Å². The smallest absolute Gasteiger partial charge is 0.335 e. The second-order valence-corrected chi connectivity index (χ2v) is 5.86. The number of rotatable bonds is 4. The van der Waals surface area contributed by atoms with Gasteiger partial charge in [0.1, 0.15) is 0 Å². The molecule has 0 radical (unpaired) electrons. The summed E-state index contributed by atoms with van der Waals surface area (Å²) in [6.45, 7) is 2.72. The molecule has 0 aliphatic heterocycles. The Labute approximate surface area is 99.6 Å². The number of carboxylic acid groups (broad SMARTS) is 1. The van der Waals surface area contributed by atoms with Gasteiger partial charge < -0.3 is 10.2 Å². The SMILES string of the molecule is Cc1cc(C)c(S(=O)(=O)CCO)cc1C(=O)O. The van der Waals surface area contributed by atoms with Gasteiger partial charge in [0.05, 0.1) is 22.8 Å². The minimum absolute atomic E-state index is 0.0328. The largest absolute Gasteiger partial charge is 0.478 e. The summed E-state index contributed by atoms with van der Waals surface area (Å²) in [4.78, 5) is 10.9. The highest BCUT2D eigenvalue weighted by atomic mass is 32.2. The van der Waals surface area contributed by atoms with E-state index in [9.17, 15) is 13.2 Å². The molecule has 2 N–H and O–H groups in total. The maximum absolute atomic E-state index is 11.8. The number of aryl methyl sites for hydroxylation is 2. The van der Waals surface area contributed by atoms with Crippen LogP contribution in [0.2, 0.25) is 0 Å². The lowest BCUT2D eigenvalue weighted by Gasteiger charge is -2.10. The molecule has 0 amide bonds. The van der Waals surface area contributed by atoms with Crippen molar-refractivity contribution in [3.05, 3.63) is 28.8 Å². The summed E-state index contributed by atoms with van der Waals surface area (Å²) in [7, 11) is -3.63. The molecular weight excluding hydrogens is 244 g/mol. The lowest BCUT2D eigenvalue weighted by Crippen LogP contribution is -2.13. The third kappa shape index (κ3) is 2.83. The topological polar surface area (TPSA) is 91.7 Å². The number of hydrogen-bond donors (Lipinski definition) is 2. The third-order valence-corrected chi connectivity index (χ3v) is 4.28. The normalized spacial score (nSPS) is 11.5. The summed E-state index contributed by atoms with van der Waals surface area (Å²) in [5, 5.41) is 17.6. The first-order valence-electron chi connectivity index (χ1n) is 4.97. The summed E-state index contributed by atoms with van der Waals surface area (Å²) >= 11 is 0. The van der Waals surface area contributed by atoms with Gasteiger partial charge in [-0.3, -0.25) is 0 Å². The van der Waals surface area contributed by atoms with E-state index in [0.29, 0.717) is 11.1 Å². The number of carboxylic acids is 1. The number of benzene rings is 1. The second-order valence-electron chi connectivity index (χ2n) is 3.78. The molecule has 1 aromatic carbocycles. The van der Waals surface area contributed by atoms with Crippen molar-refractivity contribution in [1.29, 1.82) is 0 Å². The van der Waals surface area contributed by atoms with E-state index < -0.39 is 28.2 Å². The molecule has 6 heteroatoms. The summed E-state index contributed by atoms with van der Waals surface area (Å²) in [5.74, 6) is -1.57. The molecule has 1 rings (SSSR count). The van der Waals surface area contributed by atoms with Crippen molar-refractivity contribution in [3.8, 4) is 0 Å². The molecule has 0 aromatic heterocycles. The molecule has 0 saturated carbocycles. The summed E-state index contributed by atoms with van der Waals surface area (Å²) in [6.07, 6.45) is 0. The summed E-state index contributed by atoms with van der Waals surface area (Å²) in [5.41, 5.74) is 0.964. The minimum atomic E-state index is -3.63. The highest BCUT2D eigenvalue weighted by molar-refractivity contribution is 7.91. The van der Waals surface area contributed by atoms with E-state index in [4.69, 9.17) is 10.2 Å². The summed E-state index contributed by atoms with van der Waals surface area (Å²) in [6, 6.07) is 2.67. The summed E-state index contributed by atoms with van der Waals surface area (Å²) < 4.78 is 23.6. The average Bonchev–Trinajstić information content (AvgIpc) is 2.15. The lowest BCUT2D eigenvalue weighted by molar-refractivity contribution is 0.0696. The molecule has 0 aliphatic rings. The predicted molar refractivity (Wildman–Crippen MR) is 62.0 cm³/mol. The Morgan fingerprint density at radius 2 is 1.82 bits per heavy atom. The van der Waals surface area contributed by atoms with Gasteiger partial charge in [0.15, 0.2) is 9.84 Å². The van der Waals surface area contributed by atoms with Crippen LogP contribution in [-0.2, 0) is 9.84 Å². The quantitative estimate of drug-likeness (QED) is 0.832. The molecular formula is C11H14O5S. The predicted octanol–water partition coefficient (Wildman–Crippen LogP) is 0.768.